The van der Waals surface area contributed by atoms with Crippen LogP contribution in [0, 0.1) is 5.92 Å². The second-order valence-electron chi connectivity index (χ2n) is 5.23. The number of hydrogen-bond donors (Lipinski definition) is 1. The van der Waals surface area contributed by atoms with Crippen LogP contribution in [0.5, 0.6) is 0 Å². The van der Waals surface area contributed by atoms with E-state index in [0.29, 0.717) is 24.8 Å². The SMILES string of the molecule is CCNc1cc(C(F)(F)F)cc(N(C)CCC(C)C)n1. The Morgan fingerprint density at radius 2 is 1.95 bits per heavy atom. The molecule has 0 aliphatic rings. The van der Waals surface area contributed by atoms with Crippen molar-refractivity contribution < 1.29 is 13.2 Å². The number of nitrogens with one attached hydrogen (secondary N) is 1. The first-order valence-corrected chi connectivity index (χ1v) is 6.78. The molecule has 1 heterocycles. The molecule has 1 aromatic heterocycles. The van der Waals surface area contributed by atoms with Crippen molar-refractivity contribution in [3.8, 4) is 0 Å². The van der Waals surface area contributed by atoms with E-state index in [-0.39, 0.29) is 5.82 Å². The third kappa shape index (κ3) is 4.90. The lowest BCUT2D eigenvalue weighted by molar-refractivity contribution is -0.137. The van der Waals surface area contributed by atoms with Gasteiger partial charge >= 0.3 is 6.18 Å². The first-order valence-electron chi connectivity index (χ1n) is 6.78. The molecule has 0 fully saturated rings. The minimum Gasteiger partial charge on any atom is -0.370 e. The van der Waals surface area contributed by atoms with E-state index in [4.69, 9.17) is 0 Å². The van der Waals surface area contributed by atoms with E-state index < -0.39 is 11.7 Å². The summed E-state index contributed by atoms with van der Waals surface area (Å²) in [6, 6.07) is 2.14. The van der Waals surface area contributed by atoms with Gasteiger partial charge in [0.1, 0.15) is 11.6 Å². The predicted molar refractivity (Wildman–Crippen MR) is 76.1 cm³/mol. The van der Waals surface area contributed by atoms with Crippen LogP contribution >= 0.6 is 0 Å². The molecule has 1 rings (SSSR count). The van der Waals surface area contributed by atoms with Crippen molar-refractivity contribution in [1.82, 2.24) is 4.98 Å². The van der Waals surface area contributed by atoms with Gasteiger partial charge < -0.3 is 10.2 Å². The van der Waals surface area contributed by atoms with Crippen LogP contribution in [0.3, 0.4) is 0 Å². The molecule has 0 saturated carbocycles. The normalized spacial score (nSPS) is 11.8. The number of nitrogens with zero attached hydrogens (tertiary/aromatic N) is 2. The zero-order valence-corrected chi connectivity index (χ0v) is 12.4. The summed E-state index contributed by atoms with van der Waals surface area (Å²) in [6.07, 6.45) is -3.45. The second-order valence-corrected chi connectivity index (χ2v) is 5.23. The van der Waals surface area contributed by atoms with E-state index in [1.54, 1.807) is 11.9 Å². The van der Waals surface area contributed by atoms with E-state index in [0.717, 1.165) is 18.6 Å². The Kier molecular flexibility index (Phi) is 5.65. The van der Waals surface area contributed by atoms with Crippen molar-refractivity contribution in [2.24, 2.45) is 5.92 Å². The smallest absolute Gasteiger partial charge is 0.370 e. The van der Waals surface area contributed by atoms with E-state index in [9.17, 15) is 13.2 Å². The summed E-state index contributed by atoms with van der Waals surface area (Å²) in [7, 11) is 1.76. The van der Waals surface area contributed by atoms with Crippen LogP contribution in [0.15, 0.2) is 12.1 Å². The molecule has 1 N–H and O–H groups in total. The van der Waals surface area contributed by atoms with E-state index in [2.05, 4.69) is 24.1 Å². The highest BCUT2D eigenvalue weighted by Gasteiger charge is 2.32. The standard InChI is InChI=1S/C14H22F3N3/c1-5-18-12-8-11(14(15,16)17)9-13(19-12)20(4)7-6-10(2)3/h8-10H,5-7H2,1-4H3,(H,18,19). The zero-order chi connectivity index (χ0) is 15.3. The van der Waals surface area contributed by atoms with Crippen molar-refractivity contribution in [1.29, 1.82) is 0 Å². The summed E-state index contributed by atoms with van der Waals surface area (Å²) in [4.78, 5) is 5.99. The first kappa shape index (κ1) is 16.6. The Morgan fingerprint density at radius 3 is 2.45 bits per heavy atom. The lowest BCUT2D eigenvalue weighted by Gasteiger charge is -2.21. The van der Waals surface area contributed by atoms with Crippen LogP contribution in [0.2, 0.25) is 0 Å². The lowest BCUT2D eigenvalue weighted by atomic mass is 10.1. The van der Waals surface area contributed by atoms with Crippen molar-refractivity contribution in [3.05, 3.63) is 17.7 Å². The maximum atomic E-state index is 12.9. The summed E-state index contributed by atoms with van der Waals surface area (Å²) >= 11 is 0. The van der Waals surface area contributed by atoms with Crippen LogP contribution in [0.1, 0.15) is 32.8 Å². The van der Waals surface area contributed by atoms with Crippen LogP contribution in [0.4, 0.5) is 24.8 Å². The van der Waals surface area contributed by atoms with Gasteiger partial charge in [-0.2, -0.15) is 13.2 Å². The average Bonchev–Trinajstić information content (AvgIpc) is 2.34. The summed E-state index contributed by atoms with van der Waals surface area (Å²) in [5, 5.41) is 2.84. The molecule has 1 aromatic rings. The Hall–Kier alpha value is -1.46. The summed E-state index contributed by atoms with van der Waals surface area (Å²) in [5.41, 5.74) is -0.671. The van der Waals surface area contributed by atoms with E-state index in [1.807, 2.05) is 6.92 Å². The highest BCUT2D eigenvalue weighted by Crippen LogP contribution is 2.32. The highest BCUT2D eigenvalue weighted by atomic mass is 19.4. The molecular weight excluding hydrogens is 267 g/mol. The van der Waals surface area contributed by atoms with Gasteiger partial charge in [0, 0.05) is 20.1 Å². The number of halogens is 3. The molecule has 0 bridgehead atoms. The van der Waals surface area contributed by atoms with E-state index in [1.165, 1.54) is 0 Å². The van der Waals surface area contributed by atoms with Crippen LogP contribution in [0.25, 0.3) is 0 Å². The minimum atomic E-state index is -4.36. The van der Waals surface area contributed by atoms with Gasteiger partial charge in [-0.3, -0.25) is 0 Å². The van der Waals surface area contributed by atoms with Crippen LogP contribution in [-0.4, -0.2) is 25.1 Å². The quantitative estimate of drug-likeness (QED) is 0.857. The molecular formula is C14H22F3N3. The Bertz CT molecular complexity index is 430. The largest absolute Gasteiger partial charge is 0.416 e. The lowest BCUT2D eigenvalue weighted by Crippen LogP contribution is -2.22. The average molecular weight is 289 g/mol. The fraction of sp³-hybridized carbons (Fsp3) is 0.643. The number of alkyl halides is 3. The third-order valence-corrected chi connectivity index (χ3v) is 2.93. The van der Waals surface area contributed by atoms with Gasteiger partial charge in [0.05, 0.1) is 5.56 Å². The van der Waals surface area contributed by atoms with Gasteiger partial charge in [0.25, 0.3) is 0 Å². The monoisotopic (exact) mass is 289 g/mol. The number of rotatable bonds is 6. The number of pyridine rings is 1. The molecule has 0 saturated heterocycles. The molecule has 0 aromatic carbocycles. The molecule has 0 aliphatic heterocycles. The molecule has 20 heavy (non-hydrogen) atoms. The number of hydrogen-bond acceptors (Lipinski definition) is 3. The second kappa shape index (κ2) is 6.81. The van der Waals surface area contributed by atoms with Crippen molar-refractivity contribution in [2.45, 2.75) is 33.4 Å². The predicted octanol–water partition coefficient (Wildman–Crippen LogP) is 4.01. The molecule has 114 valence electrons. The number of anilines is 2. The zero-order valence-electron chi connectivity index (χ0n) is 12.4. The minimum absolute atomic E-state index is 0.258. The fourth-order valence-electron chi connectivity index (χ4n) is 1.71. The molecule has 0 radical (unpaired) electrons. The molecule has 0 spiro atoms. The Morgan fingerprint density at radius 1 is 1.30 bits per heavy atom. The first-order chi connectivity index (χ1) is 9.24. The highest BCUT2D eigenvalue weighted by molar-refractivity contribution is 5.50. The third-order valence-electron chi connectivity index (χ3n) is 2.93. The maximum Gasteiger partial charge on any atom is 0.416 e. The van der Waals surface area contributed by atoms with Crippen molar-refractivity contribution >= 4 is 11.6 Å². The van der Waals surface area contributed by atoms with E-state index >= 15 is 0 Å². The van der Waals surface area contributed by atoms with Gasteiger partial charge in [-0.15, -0.1) is 0 Å². The number of aromatic nitrogens is 1. The van der Waals surface area contributed by atoms with Crippen LogP contribution < -0.4 is 10.2 Å². The Labute approximate surface area is 118 Å². The summed E-state index contributed by atoms with van der Waals surface area (Å²) in [6.45, 7) is 7.19. The molecule has 0 atom stereocenters. The molecule has 3 nitrogen and oxygen atoms in total. The fourth-order valence-corrected chi connectivity index (χ4v) is 1.71. The molecule has 0 unspecified atom stereocenters. The van der Waals surface area contributed by atoms with Crippen molar-refractivity contribution in [3.63, 3.8) is 0 Å². The summed E-state index contributed by atoms with van der Waals surface area (Å²) < 4.78 is 38.7. The van der Waals surface area contributed by atoms with Gasteiger partial charge in [-0.25, -0.2) is 4.98 Å². The topological polar surface area (TPSA) is 28.2 Å². The molecule has 0 aliphatic carbocycles. The van der Waals surface area contributed by atoms with Crippen LogP contribution in [-0.2, 0) is 6.18 Å². The van der Waals surface area contributed by atoms with Crippen molar-refractivity contribution in [2.75, 3.05) is 30.4 Å². The molecule has 0 amide bonds. The molecule has 6 heteroatoms. The van der Waals surface area contributed by atoms with Gasteiger partial charge in [-0.1, -0.05) is 13.8 Å². The van der Waals surface area contributed by atoms with Gasteiger partial charge in [0.2, 0.25) is 0 Å². The van der Waals surface area contributed by atoms with Gasteiger partial charge in [-0.05, 0) is 31.4 Å². The Balaban J connectivity index is 3.02. The maximum absolute atomic E-state index is 12.9. The summed E-state index contributed by atoms with van der Waals surface area (Å²) in [5.74, 6) is 1.10. The van der Waals surface area contributed by atoms with Gasteiger partial charge in [0.15, 0.2) is 0 Å².